The Morgan fingerprint density at radius 2 is 1.54 bits per heavy atom. The predicted octanol–water partition coefficient (Wildman–Crippen LogP) is 4.17. The van der Waals surface area contributed by atoms with Crippen molar-refractivity contribution in [3.05, 3.63) is 84.0 Å². The molecule has 2 heterocycles. The molecule has 1 amide bonds. The van der Waals surface area contributed by atoms with Crippen LogP contribution in [-0.4, -0.2) is 10.8 Å². The second-order valence-electron chi connectivity index (χ2n) is 5.50. The first-order chi connectivity index (χ1) is 11.7. The second-order valence-corrected chi connectivity index (χ2v) is 5.50. The molecule has 0 atom stereocenters. The largest absolute Gasteiger partial charge is 0.467 e. The van der Waals surface area contributed by atoms with Crippen LogP contribution in [0.1, 0.15) is 23.5 Å². The molecule has 0 saturated carbocycles. The predicted molar refractivity (Wildman–Crippen MR) is 86.4 cm³/mol. The van der Waals surface area contributed by atoms with Crippen LogP contribution in [0.2, 0.25) is 0 Å². The fourth-order valence-electron chi connectivity index (χ4n) is 2.51. The zero-order chi connectivity index (χ0) is 16.8. The molecule has 4 nitrogen and oxygen atoms in total. The van der Waals surface area contributed by atoms with Gasteiger partial charge >= 0.3 is 0 Å². The maximum absolute atomic E-state index is 13.7. The van der Waals surface area contributed by atoms with E-state index >= 15 is 0 Å². The van der Waals surface area contributed by atoms with Gasteiger partial charge < -0.3 is 13.7 Å². The molecule has 24 heavy (non-hydrogen) atoms. The zero-order valence-electron chi connectivity index (χ0n) is 13.2. The number of furan rings is 2. The lowest BCUT2D eigenvalue weighted by atomic mass is 10.1. The third-order valence-electron chi connectivity index (χ3n) is 3.77. The fraction of sp³-hybridized carbons (Fsp3) is 0.211. The molecule has 0 unspecified atom stereocenters. The van der Waals surface area contributed by atoms with Gasteiger partial charge in [-0.3, -0.25) is 4.79 Å². The van der Waals surface area contributed by atoms with E-state index in [-0.39, 0.29) is 18.1 Å². The normalized spacial score (nSPS) is 10.7. The summed E-state index contributed by atoms with van der Waals surface area (Å²) in [6.07, 6.45) is 3.73. The molecule has 0 aliphatic carbocycles. The zero-order valence-corrected chi connectivity index (χ0v) is 13.2. The summed E-state index contributed by atoms with van der Waals surface area (Å²) in [6, 6.07) is 13.7. The molecule has 2 aromatic heterocycles. The summed E-state index contributed by atoms with van der Waals surface area (Å²) < 4.78 is 24.4. The van der Waals surface area contributed by atoms with Crippen LogP contribution in [0.15, 0.2) is 69.9 Å². The van der Waals surface area contributed by atoms with Crippen LogP contribution in [0, 0.1) is 5.82 Å². The summed E-state index contributed by atoms with van der Waals surface area (Å²) in [5.74, 6) is 1.03. The van der Waals surface area contributed by atoms with Crippen molar-refractivity contribution < 1.29 is 18.0 Å². The third kappa shape index (κ3) is 4.13. The van der Waals surface area contributed by atoms with Crippen LogP contribution in [0.4, 0.5) is 4.39 Å². The van der Waals surface area contributed by atoms with E-state index in [2.05, 4.69) is 0 Å². The Hall–Kier alpha value is -2.82. The minimum Gasteiger partial charge on any atom is -0.467 e. The Kier molecular flexibility index (Phi) is 5.11. The summed E-state index contributed by atoms with van der Waals surface area (Å²) in [5.41, 5.74) is 0.543. The van der Waals surface area contributed by atoms with Gasteiger partial charge in [0.2, 0.25) is 5.91 Å². The van der Waals surface area contributed by atoms with Gasteiger partial charge in [0.05, 0.1) is 25.6 Å². The molecule has 1 aromatic carbocycles. The molecule has 3 rings (SSSR count). The Bertz CT molecular complexity index is 730. The van der Waals surface area contributed by atoms with Crippen molar-refractivity contribution >= 4 is 5.91 Å². The molecule has 3 aromatic rings. The quantitative estimate of drug-likeness (QED) is 0.654. The molecule has 5 heteroatoms. The lowest BCUT2D eigenvalue weighted by molar-refractivity contribution is -0.133. The number of amides is 1. The maximum atomic E-state index is 13.7. The summed E-state index contributed by atoms with van der Waals surface area (Å²) in [4.78, 5) is 14.3. The van der Waals surface area contributed by atoms with Gasteiger partial charge in [0.1, 0.15) is 17.3 Å². The van der Waals surface area contributed by atoms with E-state index in [0.29, 0.717) is 36.6 Å². The van der Waals surface area contributed by atoms with Crippen molar-refractivity contribution in [3.8, 4) is 0 Å². The molecule has 0 bridgehead atoms. The summed E-state index contributed by atoms with van der Waals surface area (Å²) >= 11 is 0. The first kappa shape index (κ1) is 16.1. The first-order valence-electron chi connectivity index (χ1n) is 7.78. The number of benzene rings is 1. The van der Waals surface area contributed by atoms with Crippen molar-refractivity contribution in [1.29, 1.82) is 0 Å². The van der Waals surface area contributed by atoms with Crippen LogP contribution >= 0.6 is 0 Å². The Labute approximate surface area is 139 Å². The van der Waals surface area contributed by atoms with Gasteiger partial charge in [0, 0.05) is 6.42 Å². The van der Waals surface area contributed by atoms with Crippen molar-refractivity contribution in [2.75, 3.05) is 0 Å². The Morgan fingerprint density at radius 1 is 0.917 bits per heavy atom. The van der Waals surface area contributed by atoms with Gasteiger partial charge in [-0.2, -0.15) is 0 Å². The second kappa shape index (κ2) is 7.64. The molecule has 0 radical (unpaired) electrons. The molecule has 0 aliphatic rings. The highest BCUT2D eigenvalue weighted by Gasteiger charge is 2.17. The highest BCUT2D eigenvalue weighted by Crippen LogP contribution is 2.15. The van der Waals surface area contributed by atoms with E-state index in [0.717, 1.165) is 0 Å². The number of hydrogen-bond acceptors (Lipinski definition) is 3. The average Bonchev–Trinajstić information content (AvgIpc) is 3.27. The van der Waals surface area contributed by atoms with Crippen LogP contribution < -0.4 is 0 Å². The van der Waals surface area contributed by atoms with E-state index < -0.39 is 0 Å². The van der Waals surface area contributed by atoms with Gasteiger partial charge in [-0.05, 0) is 42.3 Å². The lowest BCUT2D eigenvalue weighted by Gasteiger charge is -2.20. The third-order valence-corrected chi connectivity index (χ3v) is 3.77. The summed E-state index contributed by atoms with van der Waals surface area (Å²) in [6.45, 7) is 0.702. The van der Waals surface area contributed by atoms with Crippen LogP contribution in [0.25, 0.3) is 0 Å². The van der Waals surface area contributed by atoms with Gasteiger partial charge in [-0.25, -0.2) is 4.39 Å². The topological polar surface area (TPSA) is 46.6 Å². The Morgan fingerprint density at radius 3 is 2.08 bits per heavy atom. The van der Waals surface area contributed by atoms with E-state index in [4.69, 9.17) is 8.83 Å². The summed E-state index contributed by atoms with van der Waals surface area (Å²) in [7, 11) is 0. The highest BCUT2D eigenvalue weighted by atomic mass is 19.1. The number of nitrogens with zero attached hydrogens (tertiary/aromatic N) is 1. The molecule has 0 aliphatic heterocycles. The molecule has 0 fully saturated rings. The lowest BCUT2D eigenvalue weighted by Crippen LogP contribution is -2.30. The van der Waals surface area contributed by atoms with E-state index in [1.807, 2.05) is 12.1 Å². The number of rotatable bonds is 7. The van der Waals surface area contributed by atoms with Crippen LogP contribution in [-0.2, 0) is 24.3 Å². The molecule has 124 valence electrons. The van der Waals surface area contributed by atoms with Gasteiger partial charge in [-0.1, -0.05) is 18.2 Å². The average molecular weight is 327 g/mol. The molecule has 0 N–H and O–H groups in total. The van der Waals surface area contributed by atoms with E-state index in [1.165, 1.54) is 6.07 Å². The monoisotopic (exact) mass is 327 g/mol. The van der Waals surface area contributed by atoms with Crippen molar-refractivity contribution in [3.63, 3.8) is 0 Å². The number of aryl methyl sites for hydroxylation is 1. The number of halogens is 1. The molecular formula is C19H18FNO3. The van der Waals surface area contributed by atoms with E-state index in [1.54, 1.807) is 47.8 Å². The number of hydrogen-bond donors (Lipinski definition) is 0. The summed E-state index contributed by atoms with van der Waals surface area (Å²) in [5, 5.41) is 0. The van der Waals surface area contributed by atoms with Crippen molar-refractivity contribution in [2.24, 2.45) is 0 Å². The highest BCUT2D eigenvalue weighted by molar-refractivity contribution is 5.76. The molecular weight excluding hydrogens is 309 g/mol. The first-order valence-corrected chi connectivity index (χ1v) is 7.78. The SMILES string of the molecule is O=C(CCc1ccccc1F)N(Cc1ccco1)Cc1ccco1. The number of carbonyl (C=O) groups excluding carboxylic acids is 1. The van der Waals surface area contributed by atoms with Gasteiger partial charge in [0.15, 0.2) is 0 Å². The number of carbonyl (C=O) groups is 1. The molecule has 0 saturated heterocycles. The van der Waals surface area contributed by atoms with Gasteiger partial charge in [0.25, 0.3) is 0 Å². The maximum Gasteiger partial charge on any atom is 0.223 e. The van der Waals surface area contributed by atoms with Crippen molar-refractivity contribution in [2.45, 2.75) is 25.9 Å². The van der Waals surface area contributed by atoms with Crippen LogP contribution in [0.3, 0.4) is 0 Å². The van der Waals surface area contributed by atoms with Crippen molar-refractivity contribution in [1.82, 2.24) is 4.90 Å². The standard InChI is InChI=1S/C19H18FNO3/c20-18-8-2-1-5-15(18)9-10-19(22)21(13-16-6-3-11-23-16)14-17-7-4-12-24-17/h1-8,11-12H,9-10,13-14H2. The smallest absolute Gasteiger partial charge is 0.223 e. The van der Waals surface area contributed by atoms with Gasteiger partial charge in [-0.15, -0.1) is 0 Å². The fourth-order valence-corrected chi connectivity index (χ4v) is 2.51. The minimum absolute atomic E-state index is 0.0777. The minimum atomic E-state index is -0.283. The Balaban J connectivity index is 1.67. The van der Waals surface area contributed by atoms with Crippen LogP contribution in [0.5, 0.6) is 0 Å². The van der Waals surface area contributed by atoms with E-state index in [9.17, 15) is 9.18 Å². The molecule has 0 spiro atoms.